The fraction of sp³-hybridized carbons (Fsp3) is 0.300. The van der Waals surface area contributed by atoms with Crippen LogP contribution >= 0.6 is 23.2 Å². The van der Waals surface area contributed by atoms with Crippen LogP contribution in [0.15, 0.2) is 24.3 Å². The van der Waals surface area contributed by atoms with Crippen LogP contribution in [-0.4, -0.2) is 26.0 Å². The Labute approximate surface area is 108 Å². The van der Waals surface area contributed by atoms with Gasteiger partial charge in [0.1, 0.15) is 0 Å². The number of hydrazine groups is 1. The Hall–Kier alpha value is -0.850. The van der Waals surface area contributed by atoms with E-state index in [-0.39, 0.29) is 0 Å². The molecule has 17 heavy (non-hydrogen) atoms. The molecule has 1 aliphatic heterocycles. The number of benzene rings is 1. The van der Waals surface area contributed by atoms with E-state index in [1.54, 1.807) is 24.3 Å². The number of rotatable bonds is 2. The van der Waals surface area contributed by atoms with Gasteiger partial charge in [0, 0.05) is 11.1 Å². The van der Waals surface area contributed by atoms with Crippen molar-refractivity contribution in [3.8, 4) is 0 Å². The third kappa shape index (κ3) is 2.25. The fourth-order valence-electron chi connectivity index (χ4n) is 1.71. The third-order valence-corrected chi connectivity index (χ3v) is 2.91. The molecule has 0 fully saturated rings. The number of hydrogen-bond acceptors (Lipinski definition) is 4. The molecule has 1 aliphatic rings. The average Bonchev–Trinajstić information content (AvgIpc) is 2.55. The average molecular weight is 277 g/mol. The summed E-state index contributed by atoms with van der Waals surface area (Å²) in [5, 5.41) is 20.8. The van der Waals surface area contributed by atoms with Crippen molar-refractivity contribution in [3.05, 3.63) is 35.4 Å². The number of carbonyl (C=O) groups is 1. The lowest BCUT2D eigenvalue weighted by Gasteiger charge is -2.24. The maximum absolute atomic E-state index is 11.3. The van der Waals surface area contributed by atoms with Gasteiger partial charge in [-0.1, -0.05) is 47.5 Å². The van der Waals surface area contributed by atoms with E-state index in [1.807, 2.05) is 0 Å². The standard InChI is InChI=1S/C10H10Cl2N2O3/c11-7(12)8(15)13-14-9(16)5-3-1-2-4-6(5)10(14)17/h1-4,7,9-10,16-17H,(H,13,15). The summed E-state index contributed by atoms with van der Waals surface area (Å²) in [5.74, 6) is -0.709. The van der Waals surface area contributed by atoms with Crippen LogP contribution in [0.5, 0.6) is 0 Å². The Morgan fingerprint density at radius 1 is 1.24 bits per heavy atom. The largest absolute Gasteiger partial charge is 0.372 e. The highest BCUT2D eigenvalue weighted by molar-refractivity contribution is 6.53. The van der Waals surface area contributed by atoms with E-state index in [0.29, 0.717) is 11.1 Å². The minimum atomic E-state index is -1.27. The summed E-state index contributed by atoms with van der Waals surface area (Å²) in [4.78, 5) is 10.0. The molecule has 1 heterocycles. The molecule has 1 aromatic rings. The molecule has 0 radical (unpaired) electrons. The summed E-state index contributed by atoms with van der Waals surface area (Å²) in [7, 11) is 0. The Morgan fingerprint density at radius 3 is 2.12 bits per heavy atom. The Bertz CT molecular complexity index is 412. The molecule has 92 valence electrons. The maximum atomic E-state index is 11.3. The van der Waals surface area contributed by atoms with Gasteiger partial charge in [0.2, 0.25) is 0 Å². The molecule has 1 amide bonds. The predicted molar refractivity (Wildman–Crippen MR) is 61.8 cm³/mol. The normalized spacial score (nSPS) is 23.8. The number of hydrogen-bond donors (Lipinski definition) is 3. The van der Waals surface area contributed by atoms with E-state index < -0.39 is 23.2 Å². The van der Waals surface area contributed by atoms with Crippen LogP contribution in [-0.2, 0) is 4.79 Å². The Kier molecular flexibility index (Phi) is 3.56. The van der Waals surface area contributed by atoms with Crippen LogP contribution in [0.3, 0.4) is 0 Å². The van der Waals surface area contributed by atoms with E-state index in [2.05, 4.69) is 5.43 Å². The monoisotopic (exact) mass is 276 g/mol. The Balaban J connectivity index is 2.21. The molecule has 0 bridgehead atoms. The van der Waals surface area contributed by atoms with Crippen molar-refractivity contribution >= 4 is 29.1 Å². The lowest BCUT2D eigenvalue weighted by Crippen LogP contribution is -2.45. The third-order valence-electron chi connectivity index (χ3n) is 2.52. The summed E-state index contributed by atoms with van der Waals surface area (Å²) in [5.41, 5.74) is 3.31. The second-order valence-electron chi connectivity index (χ2n) is 3.56. The maximum Gasteiger partial charge on any atom is 0.267 e. The van der Waals surface area contributed by atoms with Crippen LogP contribution < -0.4 is 5.43 Å². The molecule has 0 saturated heterocycles. The van der Waals surface area contributed by atoms with Crippen LogP contribution in [0.25, 0.3) is 0 Å². The van der Waals surface area contributed by atoms with Gasteiger partial charge in [0.25, 0.3) is 5.91 Å². The number of alkyl halides is 2. The van der Waals surface area contributed by atoms with E-state index >= 15 is 0 Å². The number of nitrogens with zero attached hydrogens (tertiary/aromatic N) is 1. The number of carbonyl (C=O) groups excluding carboxylic acids is 1. The van der Waals surface area contributed by atoms with Gasteiger partial charge in [-0.3, -0.25) is 10.2 Å². The van der Waals surface area contributed by atoms with E-state index in [1.165, 1.54) is 0 Å². The molecule has 5 nitrogen and oxygen atoms in total. The highest BCUT2D eigenvalue weighted by Crippen LogP contribution is 2.37. The van der Waals surface area contributed by atoms with Gasteiger partial charge in [-0.2, -0.15) is 5.01 Å². The number of aliphatic hydroxyl groups excluding tert-OH is 2. The smallest absolute Gasteiger partial charge is 0.267 e. The summed E-state index contributed by atoms with van der Waals surface area (Å²) in [6.45, 7) is 0. The molecule has 2 unspecified atom stereocenters. The van der Waals surface area contributed by atoms with Crippen LogP contribution in [0.1, 0.15) is 23.6 Å². The SMILES string of the molecule is O=C(NN1C(O)c2ccccc2C1O)C(Cl)Cl. The first-order chi connectivity index (χ1) is 8.02. The minimum absolute atomic E-state index is 0.529. The number of nitrogens with one attached hydrogen (secondary N) is 1. The molecule has 2 atom stereocenters. The molecule has 0 aromatic heterocycles. The molecule has 7 heteroatoms. The van der Waals surface area contributed by atoms with Gasteiger partial charge in [-0.25, -0.2) is 0 Å². The molecular weight excluding hydrogens is 267 g/mol. The van der Waals surface area contributed by atoms with Crippen molar-refractivity contribution in [2.75, 3.05) is 0 Å². The summed E-state index contributed by atoms with van der Waals surface area (Å²) < 4.78 is 0. The zero-order valence-corrected chi connectivity index (χ0v) is 10.1. The van der Waals surface area contributed by atoms with E-state index in [9.17, 15) is 15.0 Å². The zero-order chi connectivity index (χ0) is 12.6. The van der Waals surface area contributed by atoms with Gasteiger partial charge in [0.05, 0.1) is 0 Å². The molecule has 2 rings (SSSR count). The van der Waals surface area contributed by atoms with Crippen LogP contribution in [0.2, 0.25) is 0 Å². The van der Waals surface area contributed by atoms with Gasteiger partial charge in [0.15, 0.2) is 17.3 Å². The lowest BCUT2D eigenvalue weighted by atomic mass is 10.1. The molecule has 1 aromatic carbocycles. The first-order valence-corrected chi connectivity index (χ1v) is 5.71. The van der Waals surface area contributed by atoms with Crippen molar-refractivity contribution < 1.29 is 15.0 Å². The van der Waals surface area contributed by atoms with Crippen LogP contribution in [0.4, 0.5) is 0 Å². The number of halogens is 2. The first kappa shape index (κ1) is 12.6. The van der Waals surface area contributed by atoms with Crippen LogP contribution in [0, 0.1) is 0 Å². The quantitative estimate of drug-likeness (QED) is 0.700. The molecule has 0 spiro atoms. The number of aliphatic hydroxyl groups is 2. The highest BCUT2D eigenvalue weighted by atomic mass is 35.5. The molecule has 0 saturated carbocycles. The molecular formula is C10H10Cl2N2O3. The highest BCUT2D eigenvalue weighted by Gasteiger charge is 2.37. The van der Waals surface area contributed by atoms with Crippen molar-refractivity contribution in [3.63, 3.8) is 0 Å². The van der Waals surface area contributed by atoms with Crippen molar-refractivity contribution in [1.29, 1.82) is 0 Å². The van der Waals surface area contributed by atoms with Gasteiger partial charge in [-0.15, -0.1) is 0 Å². The van der Waals surface area contributed by atoms with Crippen molar-refractivity contribution in [2.24, 2.45) is 0 Å². The first-order valence-electron chi connectivity index (χ1n) is 4.84. The van der Waals surface area contributed by atoms with Gasteiger partial charge >= 0.3 is 0 Å². The second kappa shape index (κ2) is 4.80. The molecule has 0 aliphatic carbocycles. The Morgan fingerprint density at radius 2 is 1.71 bits per heavy atom. The summed E-state index contributed by atoms with van der Waals surface area (Å²) in [6, 6.07) is 6.78. The zero-order valence-electron chi connectivity index (χ0n) is 8.55. The molecule has 3 N–H and O–H groups in total. The number of fused-ring (bicyclic) bond motifs is 1. The summed E-state index contributed by atoms with van der Waals surface area (Å²) >= 11 is 10.8. The van der Waals surface area contributed by atoms with Gasteiger partial charge in [-0.05, 0) is 0 Å². The lowest BCUT2D eigenvalue weighted by molar-refractivity contribution is -0.148. The van der Waals surface area contributed by atoms with Crippen molar-refractivity contribution in [1.82, 2.24) is 10.4 Å². The summed E-state index contributed by atoms with van der Waals surface area (Å²) in [6.07, 6.45) is -2.26. The van der Waals surface area contributed by atoms with Gasteiger partial charge < -0.3 is 10.2 Å². The predicted octanol–water partition coefficient (Wildman–Crippen LogP) is 0.819. The van der Waals surface area contributed by atoms with Crippen molar-refractivity contribution in [2.45, 2.75) is 17.3 Å². The minimum Gasteiger partial charge on any atom is -0.372 e. The second-order valence-corrected chi connectivity index (χ2v) is 4.66. The number of amides is 1. The van der Waals surface area contributed by atoms with E-state index in [4.69, 9.17) is 23.2 Å². The topological polar surface area (TPSA) is 72.8 Å². The van der Waals surface area contributed by atoms with E-state index in [0.717, 1.165) is 5.01 Å². The fourth-order valence-corrected chi connectivity index (χ4v) is 1.81.